The van der Waals surface area contributed by atoms with Crippen molar-refractivity contribution < 1.29 is 14.7 Å². The van der Waals surface area contributed by atoms with Crippen LogP contribution in [0.4, 0.5) is 5.69 Å². The zero-order valence-corrected chi connectivity index (χ0v) is 14.9. The maximum absolute atomic E-state index is 11.9. The number of carbonyl (C=O) groups excluding carboxylic acids is 1. The van der Waals surface area contributed by atoms with E-state index in [1.54, 1.807) is 12.1 Å². The maximum atomic E-state index is 11.9. The van der Waals surface area contributed by atoms with Gasteiger partial charge in [-0.15, -0.1) is 10.2 Å². The molecule has 1 aromatic carbocycles. The Morgan fingerprint density at radius 3 is 2.64 bits per heavy atom. The normalized spacial score (nSPS) is 10.5. The fourth-order valence-corrected chi connectivity index (χ4v) is 2.61. The van der Waals surface area contributed by atoms with Crippen LogP contribution in [0.15, 0.2) is 28.2 Å². The van der Waals surface area contributed by atoms with Gasteiger partial charge < -0.3 is 10.4 Å². The quantitative estimate of drug-likeness (QED) is 0.606. The number of halogens is 2. The number of nitrogens with one attached hydrogen (secondary N) is 2. The second kappa shape index (κ2) is 8.84. The Labute approximate surface area is 155 Å². The molecule has 0 unspecified atom stereocenters. The topological polar surface area (TPSA) is 125 Å². The molecule has 0 aliphatic heterocycles. The number of carboxylic acid groups (broad SMARTS) is 1. The second-order valence-electron chi connectivity index (χ2n) is 4.77. The largest absolute Gasteiger partial charge is 0.481 e. The van der Waals surface area contributed by atoms with E-state index in [-0.39, 0.29) is 35.4 Å². The van der Waals surface area contributed by atoms with Crippen LogP contribution in [0, 0.1) is 0 Å². The van der Waals surface area contributed by atoms with Crippen molar-refractivity contribution in [2.24, 2.45) is 0 Å². The van der Waals surface area contributed by atoms with Crippen LogP contribution in [0.1, 0.15) is 12.1 Å². The zero-order valence-electron chi connectivity index (χ0n) is 12.6. The molecule has 0 radical (unpaired) electrons. The van der Waals surface area contributed by atoms with E-state index in [2.05, 4.69) is 20.5 Å². The third-order valence-corrected chi connectivity index (χ3v) is 4.47. The first kappa shape index (κ1) is 19.2. The molecule has 1 heterocycles. The number of hydrogen-bond acceptors (Lipinski definition) is 6. The van der Waals surface area contributed by atoms with Gasteiger partial charge in [-0.25, -0.2) is 0 Å². The molecule has 8 nitrogen and oxygen atoms in total. The number of hydrogen-bond donors (Lipinski definition) is 3. The average Bonchev–Trinajstić information content (AvgIpc) is 2.55. The molecule has 132 valence electrons. The fraction of sp³-hybridized carbons (Fsp3) is 0.214. The Bertz CT molecular complexity index is 859. The average molecular weight is 403 g/mol. The Hall–Kier alpha value is -2.10. The highest BCUT2D eigenvalue weighted by atomic mass is 35.5. The molecule has 25 heavy (non-hydrogen) atoms. The molecule has 2 aromatic rings. The summed E-state index contributed by atoms with van der Waals surface area (Å²) in [5.41, 5.74) is -0.000699. The monoisotopic (exact) mass is 402 g/mol. The van der Waals surface area contributed by atoms with Gasteiger partial charge in [-0.05, 0) is 18.2 Å². The van der Waals surface area contributed by atoms with Crippen LogP contribution in [-0.2, 0) is 16.0 Å². The van der Waals surface area contributed by atoms with Gasteiger partial charge in [0.1, 0.15) is 5.69 Å². The minimum absolute atomic E-state index is 0.0135. The van der Waals surface area contributed by atoms with Crippen molar-refractivity contribution in [1.82, 2.24) is 15.2 Å². The lowest BCUT2D eigenvalue weighted by molar-refractivity contribution is -0.137. The van der Waals surface area contributed by atoms with E-state index in [4.69, 9.17) is 28.3 Å². The van der Waals surface area contributed by atoms with E-state index >= 15 is 0 Å². The first-order valence-corrected chi connectivity index (χ1v) is 8.64. The van der Waals surface area contributed by atoms with Crippen LogP contribution < -0.4 is 10.9 Å². The summed E-state index contributed by atoms with van der Waals surface area (Å²) in [6.45, 7) is 0. The van der Waals surface area contributed by atoms with Crippen LogP contribution in [0.2, 0.25) is 10.0 Å². The van der Waals surface area contributed by atoms with E-state index in [0.29, 0.717) is 15.7 Å². The summed E-state index contributed by atoms with van der Waals surface area (Å²) in [5, 5.41) is 19.5. The minimum Gasteiger partial charge on any atom is -0.481 e. The molecule has 0 bridgehead atoms. The highest BCUT2D eigenvalue weighted by Crippen LogP contribution is 2.25. The molecule has 2 rings (SSSR count). The third-order valence-electron chi connectivity index (χ3n) is 2.86. The molecule has 11 heteroatoms. The lowest BCUT2D eigenvalue weighted by atomic mass is 10.2. The molecule has 0 aliphatic rings. The Balaban J connectivity index is 1.90. The van der Waals surface area contributed by atoms with Crippen LogP contribution in [0.5, 0.6) is 0 Å². The summed E-state index contributed by atoms with van der Waals surface area (Å²) >= 11 is 12.6. The van der Waals surface area contributed by atoms with Gasteiger partial charge in [0.25, 0.3) is 5.56 Å². The molecular formula is C14H12Cl2N4O4S. The maximum Gasteiger partial charge on any atom is 0.303 e. The lowest BCUT2D eigenvalue weighted by Crippen LogP contribution is -2.19. The molecule has 0 fully saturated rings. The van der Waals surface area contributed by atoms with E-state index in [9.17, 15) is 14.4 Å². The summed E-state index contributed by atoms with van der Waals surface area (Å²) in [7, 11) is 0. The van der Waals surface area contributed by atoms with Crippen molar-refractivity contribution in [2.75, 3.05) is 11.1 Å². The summed E-state index contributed by atoms with van der Waals surface area (Å²) in [6.07, 6.45) is -0.225. The predicted octanol–water partition coefficient (Wildman–Crippen LogP) is 2.22. The van der Waals surface area contributed by atoms with Crippen molar-refractivity contribution >= 4 is 52.5 Å². The van der Waals surface area contributed by atoms with Gasteiger partial charge in [0, 0.05) is 12.1 Å². The zero-order chi connectivity index (χ0) is 18.4. The number of amides is 1. The molecular weight excluding hydrogens is 391 g/mol. The third kappa shape index (κ3) is 6.04. The number of rotatable bonds is 7. The van der Waals surface area contributed by atoms with E-state index in [1.807, 2.05) is 0 Å². The van der Waals surface area contributed by atoms with Crippen molar-refractivity contribution in [3.63, 3.8) is 0 Å². The molecule has 1 amide bonds. The van der Waals surface area contributed by atoms with Crippen molar-refractivity contribution in [2.45, 2.75) is 18.0 Å². The number of carbonyl (C=O) groups is 2. The Kier molecular flexibility index (Phi) is 6.80. The van der Waals surface area contributed by atoms with Gasteiger partial charge in [0.15, 0.2) is 5.16 Å². The van der Waals surface area contributed by atoms with Crippen molar-refractivity contribution in [3.05, 3.63) is 44.3 Å². The van der Waals surface area contributed by atoms with Gasteiger partial charge in [0.05, 0.1) is 22.2 Å². The van der Waals surface area contributed by atoms with E-state index in [1.165, 1.54) is 6.07 Å². The van der Waals surface area contributed by atoms with Gasteiger partial charge in [-0.3, -0.25) is 19.4 Å². The van der Waals surface area contributed by atoms with Gasteiger partial charge in [0.2, 0.25) is 5.91 Å². The smallest absolute Gasteiger partial charge is 0.303 e. The van der Waals surface area contributed by atoms with Crippen LogP contribution in [0.25, 0.3) is 0 Å². The highest BCUT2D eigenvalue weighted by molar-refractivity contribution is 7.99. The number of aliphatic carboxylic acids is 1. The number of anilines is 1. The highest BCUT2D eigenvalue weighted by Gasteiger charge is 2.10. The number of nitrogens with zero attached hydrogens (tertiary/aromatic N) is 2. The van der Waals surface area contributed by atoms with Gasteiger partial charge in [-0.2, -0.15) is 0 Å². The summed E-state index contributed by atoms with van der Waals surface area (Å²) in [6, 6.07) is 4.69. The number of H-pyrrole nitrogens is 1. The predicted molar refractivity (Wildman–Crippen MR) is 94.4 cm³/mol. The number of aromatic nitrogens is 3. The van der Waals surface area contributed by atoms with Crippen molar-refractivity contribution in [3.8, 4) is 0 Å². The van der Waals surface area contributed by atoms with E-state index in [0.717, 1.165) is 11.8 Å². The number of carboxylic acids is 1. The lowest BCUT2D eigenvalue weighted by Gasteiger charge is -2.06. The summed E-state index contributed by atoms with van der Waals surface area (Å²) in [5.74, 6) is -1.38. The SMILES string of the molecule is O=C(O)CCc1nnc(SCC(=O)Nc2ccc(Cl)c(Cl)c2)[nH]c1=O. The van der Waals surface area contributed by atoms with Gasteiger partial charge >= 0.3 is 5.97 Å². The fourth-order valence-electron chi connectivity index (χ4n) is 1.70. The second-order valence-corrected chi connectivity index (χ2v) is 6.54. The number of aromatic amines is 1. The standard InChI is InChI=1S/C14H12Cl2N4O4S/c15-8-2-1-7(5-9(8)16)17-11(21)6-25-14-18-13(24)10(19-20-14)3-4-12(22)23/h1-2,5H,3-4,6H2,(H,17,21)(H,22,23)(H,18,20,24). The van der Waals surface area contributed by atoms with Gasteiger partial charge in [-0.1, -0.05) is 35.0 Å². The molecule has 0 saturated heterocycles. The first-order valence-electron chi connectivity index (χ1n) is 6.90. The molecule has 0 atom stereocenters. The van der Waals surface area contributed by atoms with E-state index < -0.39 is 11.5 Å². The molecule has 0 aliphatic carbocycles. The number of thioether (sulfide) groups is 1. The summed E-state index contributed by atoms with van der Waals surface area (Å²) < 4.78 is 0. The minimum atomic E-state index is -1.03. The van der Waals surface area contributed by atoms with Crippen LogP contribution in [0.3, 0.4) is 0 Å². The Morgan fingerprint density at radius 2 is 2.00 bits per heavy atom. The number of aryl methyl sites for hydroxylation is 1. The molecule has 3 N–H and O–H groups in total. The van der Waals surface area contributed by atoms with Crippen LogP contribution in [-0.4, -0.2) is 37.9 Å². The van der Waals surface area contributed by atoms with Crippen LogP contribution >= 0.6 is 35.0 Å². The number of benzene rings is 1. The molecule has 0 spiro atoms. The summed E-state index contributed by atoms with van der Waals surface area (Å²) in [4.78, 5) is 36.6. The van der Waals surface area contributed by atoms with Crippen molar-refractivity contribution in [1.29, 1.82) is 0 Å². The Morgan fingerprint density at radius 1 is 1.24 bits per heavy atom. The molecule has 0 saturated carbocycles. The first-order chi connectivity index (χ1) is 11.8. The molecule has 1 aromatic heterocycles.